The second-order valence-corrected chi connectivity index (χ2v) is 16.1. The van der Waals surface area contributed by atoms with Crippen LogP contribution in [-0.2, 0) is 19.2 Å². The van der Waals surface area contributed by atoms with E-state index >= 15 is 0 Å². The Hall–Kier alpha value is -9.23. The van der Waals surface area contributed by atoms with Gasteiger partial charge in [-0.1, -0.05) is 30.0 Å². The van der Waals surface area contributed by atoms with Gasteiger partial charge in [-0.05, 0) is 77.9 Å². The number of aliphatic carboxylic acids is 4. The Labute approximate surface area is 391 Å². The minimum Gasteiger partial charge on any atom is -0.550 e. The third-order valence-corrected chi connectivity index (χ3v) is 11.5. The molecular formula is C53H40N2O14. The van der Waals surface area contributed by atoms with Crippen molar-refractivity contribution >= 4 is 57.5 Å². The molecule has 0 amide bonds. The topological polar surface area (TPSA) is 259 Å². The highest BCUT2D eigenvalue weighted by molar-refractivity contribution is 6.08. The molecule has 4 aliphatic rings. The Balaban J connectivity index is 1.21. The van der Waals surface area contributed by atoms with Crippen LogP contribution in [0.25, 0.3) is 66.8 Å². The van der Waals surface area contributed by atoms with Crippen LogP contribution in [0.3, 0.4) is 0 Å². The Morgan fingerprint density at radius 1 is 0.580 bits per heavy atom. The van der Waals surface area contributed by atoms with Crippen molar-refractivity contribution < 1.29 is 63.4 Å². The van der Waals surface area contributed by atoms with Crippen LogP contribution in [0.5, 0.6) is 5.75 Å². The lowest BCUT2D eigenvalue weighted by molar-refractivity contribution is -0.305. The fraction of sp³-hybridized carbons (Fsp3) is 0.151. The first kappa shape index (κ1) is 46.3. The first-order valence-electron chi connectivity index (χ1n) is 21.5. The van der Waals surface area contributed by atoms with E-state index < -0.39 is 29.8 Å². The molecule has 0 spiro atoms. The average molecular weight is 929 g/mol. The summed E-state index contributed by atoms with van der Waals surface area (Å²) in [6.45, 7) is 0.00818. The lowest BCUT2D eigenvalue weighted by Gasteiger charge is -2.25. The number of benzene rings is 6. The quantitative estimate of drug-likeness (QED) is 0.0421. The zero-order chi connectivity index (χ0) is 48.9. The van der Waals surface area contributed by atoms with Crippen molar-refractivity contribution in [1.29, 1.82) is 0 Å². The number of carbonyl (C=O) groups excluding carboxylic acids is 1. The molecule has 16 heteroatoms. The minimum absolute atomic E-state index is 0.000613. The van der Waals surface area contributed by atoms with Gasteiger partial charge in [0.1, 0.15) is 41.3 Å². The lowest BCUT2D eigenvalue weighted by atomic mass is 9.90. The van der Waals surface area contributed by atoms with Gasteiger partial charge in [0, 0.05) is 99.6 Å². The van der Waals surface area contributed by atoms with Gasteiger partial charge in [-0.15, -0.1) is 0 Å². The Morgan fingerprint density at radius 3 is 1.84 bits per heavy atom. The monoisotopic (exact) mass is 928 g/mol. The van der Waals surface area contributed by atoms with Gasteiger partial charge in [0.2, 0.25) is 5.36 Å². The van der Waals surface area contributed by atoms with Crippen LogP contribution in [0.2, 0.25) is 0 Å². The summed E-state index contributed by atoms with van der Waals surface area (Å²) in [6, 6.07) is 31.2. The van der Waals surface area contributed by atoms with Crippen LogP contribution in [0.15, 0.2) is 129 Å². The average Bonchev–Trinajstić information content (AvgIpc) is 3.31. The Morgan fingerprint density at radius 2 is 1.16 bits per heavy atom. The molecule has 2 aliphatic carbocycles. The van der Waals surface area contributed by atoms with E-state index in [1.807, 2.05) is 12.1 Å². The standard InChI is InChI=1S/C53H40N2O14/c56-35-10-15-40-45(28-35)69-46-29-36(57)11-16-41(46)52(40)37-12-5-31(25-42(37)53(66)67)2-1-30-3-6-32(7-4-30)51-38-13-8-33(54(21-17-47(58)59)22-18-48(60)61)26-43(38)68-44-27-34(9-14-39(44)51)55(23-19-49(62)63)24-20-50(64)65/h3-16,25-29H,17-24H2,(H5-,56,57,58,59,60,61,62,63,64,65,66,67). The van der Waals surface area contributed by atoms with Gasteiger partial charge in [-0.2, -0.15) is 0 Å². The summed E-state index contributed by atoms with van der Waals surface area (Å²) in [7, 11) is 0. The Kier molecular flexibility index (Phi) is 13.2. The van der Waals surface area contributed by atoms with Gasteiger partial charge in [0.05, 0.1) is 18.1 Å². The van der Waals surface area contributed by atoms with Gasteiger partial charge in [-0.25, -0.2) is 9.37 Å². The van der Waals surface area contributed by atoms with Crippen molar-refractivity contribution in [3.8, 4) is 62.5 Å². The molecule has 2 aliphatic heterocycles. The number of fused-ring (bicyclic) bond motifs is 4. The fourth-order valence-electron chi connectivity index (χ4n) is 8.26. The molecule has 69 heavy (non-hydrogen) atoms. The molecule has 0 aromatic heterocycles. The van der Waals surface area contributed by atoms with Crippen molar-refractivity contribution in [3.05, 3.63) is 148 Å². The first-order chi connectivity index (χ1) is 33.1. The van der Waals surface area contributed by atoms with Gasteiger partial charge < -0.3 is 49.2 Å². The molecule has 346 valence electrons. The van der Waals surface area contributed by atoms with Crippen molar-refractivity contribution in [3.63, 3.8) is 0 Å². The molecule has 16 nitrogen and oxygen atoms in total. The summed E-state index contributed by atoms with van der Waals surface area (Å²) in [5.41, 5.74) is 5.16. The van der Waals surface area contributed by atoms with E-state index in [4.69, 9.17) is 8.83 Å². The zero-order valence-corrected chi connectivity index (χ0v) is 36.4. The SMILES string of the molecule is O=C([O-])CCN(CCC(=O)O)c1ccc2c(-c3ccc(C#Cc4ccc(-c5c6ccc(=O)cc-6oc6cc(O)ccc56)c(C(=O)O)c4)cc3)c3ccc(=[N+](CCC(=O)O)CCC(=O)O)cc-3oc2c1. The molecule has 0 unspecified atom stereocenters. The zero-order valence-electron chi connectivity index (χ0n) is 36.4. The molecule has 0 saturated carbocycles. The van der Waals surface area contributed by atoms with Gasteiger partial charge >= 0.3 is 23.9 Å². The lowest BCUT2D eigenvalue weighted by Crippen LogP contribution is -2.33. The molecule has 0 saturated heterocycles. The van der Waals surface area contributed by atoms with Crippen LogP contribution in [-0.4, -0.2) is 81.6 Å². The fourth-order valence-corrected chi connectivity index (χ4v) is 8.26. The molecule has 4 aromatic rings. The van der Waals surface area contributed by atoms with Gasteiger partial charge in [0.25, 0.3) is 0 Å². The molecular weight excluding hydrogens is 889 g/mol. The number of hydrogen-bond donors (Lipinski definition) is 5. The van der Waals surface area contributed by atoms with E-state index in [9.17, 15) is 59.4 Å². The normalized spacial score (nSPS) is 11.1. The van der Waals surface area contributed by atoms with Crippen molar-refractivity contribution in [2.75, 3.05) is 31.1 Å². The molecule has 5 N–H and O–H groups in total. The number of phenols is 1. The number of nitrogens with zero attached hydrogens (tertiary/aromatic N) is 2. The second-order valence-electron chi connectivity index (χ2n) is 16.1. The maximum Gasteiger partial charge on any atom is 0.336 e. The number of carboxylic acid groups (broad SMARTS) is 5. The van der Waals surface area contributed by atoms with Gasteiger partial charge in [-0.3, -0.25) is 19.2 Å². The van der Waals surface area contributed by atoms with Crippen LogP contribution in [0.4, 0.5) is 5.69 Å². The molecule has 0 atom stereocenters. The first-order valence-corrected chi connectivity index (χ1v) is 21.5. The Bertz CT molecular complexity index is 3460. The van der Waals surface area contributed by atoms with E-state index in [1.54, 1.807) is 82.3 Å². The molecule has 4 aromatic carbocycles. The maximum atomic E-state index is 12.8. The predicted octanol–water partition coefficient (Wildman–Crippen LogP) is 6.03. The third-order valence-electron chi connectivity index (χ3n) is 11.5. The maximum absolute atomic E-state index is 12.8. The number of aromatic hydroxyl groups is 1. The summed E-state index contributed by atoms with van der Waals surface area (Å²) in [5.74, 6) is 0.967. The predicted molar refractivity (Wildman–Crippen MR) is 251 cm³/mol. The van der Waals surface area contributed by atoms with Crippen LogP contribution in [0, 0.1) is 11.8 Å². The molecule has 0 fully saturated rings. The van der Waals surface area contributed by atoms with E-state index in [2.05, 4.69) is 11.8 Å². The van der Waals surface area contributed by atoms with Crippen molar-refractivity contribution in [2.45, 2.75) is 25.7 Å². The molecule has 0 radical (unpaired) electrons. The number of rotatable bonds is 16. The van der Waals surface area contributed by atoms with Crippen molar-refractivity contribution in [2.24, 2.45) is 0 Å². The number of anilines is 1. The van der Waals surface area contributed by atoms with E-state index in [-0.39, 0.29) is 79.9 Å². The summed E-state index contributed by atoms with van der Waals surface area (Å²) in [5, 5.41) is 62.0. The smallest absolute Gasteiger partial charge is 0.336 e. The number of phenolic OH excluding ortho intramolecular Hbond substituents is 1. The van der Waals surface area contributed by atoms with E-state index in [0.29, 0.717) is 66.5 Å². The van der Waals surface area contributed by atoms with E-state index in [0.717, 1.165) is 11.1 Å². The highest BCUT2D eigenvalue weighted by Crippen LogP contribution is 2.43. The summed E-state index contributed by atoms with van der Waals surface area (Å²) in [6.07, 6.45) is -1.13. The number of carboxylic acids is 5. The molecule has 8 rings (SSSR count). The minimum atomic E-state index is -1.31. The number of hydrogen-bond acceptors (Lipinski definition) is 11. The van der Waals surface area contributed by atoms with Crippen LogP contribution >= 0.6 is 0 Å². The van der Waals surface area contributed by atoms with Crippen LogP contribution in [0.1, 0.15) is 47.2 Å². The summed E-state index contributed by atoms with van der Waals surface area (Å²) < 4.78 is 14.1. The molecule has 2 heterocycles. The summed E-state index contributed by atoms with van der Waals surface area (Å²) in [4.78, 5) is 72.7. The van der Waals surface area contributed by atoms with Crippen molar-refractivity contribution in [1.82, 2.24) is 4.58 Å². The largest absolute Gasteiger partial charge is 0.550 e. The summed E-state index contributed by atoms with van der Waals surface area (Å²) >= 11 is 0. The third kappa shape index (κ3) is 10.4. The highest BCUT2D eigenvalue weighted by Gasteiger charge is 2.24. The second kappa shape index (κ2) is 19.7. The van der Waals surface area contributed by atoms with E-state index in [1.165, 1.54) is 30.3 Å². The molecule has 0 bridgehead atoms. The van der Waals surface area contributed by atoms with Gasteiger partial charge in [0.15, 0.2) is 18.5 Å². The number of carbonyl (C=O) groups is 5. The van der Waals surface area contributed by atoms with Crippen LogP contribution < -0.4 is 25.4 Å². The number of aromatic carboxylic acids is 1. The highest BCUT2D eigenvalue weighted by atomic mass is 16.4.